The van der Waals surface area contributed by atoms with Gasteiger partial charge in [-0.3, -0.25) is 4.79 Å². The quantitative estimate of drug-likeness (QED) is 0.744. The van der Waals surface area contributed by atoms with Crippen LogP contribution in [-0.4, -0.2) is 15.5 Å². The SMILES string of the molecule is CCn1ccc2ccc(NC(=O)c3cccnc3Cl)cc21. The number of aromatic nitrogens is 2. The zero-order valence-corrected chi connectivity index (χ0v) is 12.3. The average molecular weight is 300 g/mol. The summed E-state index contributed by atoms with van der Waals surface area (Å²) in [6, 6.07) is 11.2. The third kappa shape index (κ3) is 2.62. The van der Waals surface area contributed by atoms with Crippen molar-refractivity contribution in [2.75, 3.05) is 5.32 Å². The van der Waals surface area contributed by atoms with Gasteiger partial charge in [-0.15, -0.1) is 0 Å². The molecule has 2 aromatic heterocycles. The van der Waals surface area contributed by atoms with Crippen molar-refractivity contribution in [3.05, 3.63) is 59.5 Å². The van der Waals surface area contributed by atoms with Gasteiger partial charge in [-0.1, -0.05) is 17.7 Å². The number of fused-ring (bicyclic) bond motifs is 1. The summed E-state index contributed by atoms with van der Waals surface area (Å²) in [5, 5.41) is 4.20. The first-order valence-electron chi connectivity index (χ1n) is 6.70. The Hall–Kier alpha value is -2.33. The van der Waals surface area contributed by atoms with Crippen molar-refractivity contribution in [2.45, 2.75) is 13.5 Å². The van der Waals surface area contributed by atoms with Gasteiger partial charge in [-0.05, 0) is 42.6 Å². The number of nitrogens with one attached hydrogen (secondary N) is 1. The van der Waals surface area contributed by atoms with Crippen LogP contribution in [0.25, 0.3) is 10.9 Å². The van der Waals surface area contributed by atoms with Crippen molar-refractivity contribution in [2.24, 2.45) is 0 Å². The van der Waals surface area contributed by atoms with E-state index >= 15 is 0 Å². The van der Waals surface area contributed by atoms with Crippen LogP contribution >= 0.6 is 11.6 Å². The summed E-state index contributed by atoms with van der Waals surface area (Å²) in [5.41, 5.74) is 2.19. The molecule has 0 fully saturated rings. The Bertz CT molecular complexity index is 810. The van der Waals surface area contributed by atoms with E-state index in [0.29, 0.717) is 5.56 Å². The number of hydrogen-bond donors (Lipinski definition) is 1. The highest BCUT2D eigenvalue weighted by molar-refractivity contribution is 6.33. The maximum atomic E-state index is 12.2. The van der Waals surface area contributed by atoms with Gasteiger partial charge in [0.05, 0.1) is 11.1 Å². The Morgan fingerprint density at radius 2 is 2.19 bits per heavy atom. The van der Waals surface area contributed by atoms with Crippen molar-refractivity contribution in [1.82, 2.24) is 9.55 Å². The number of carbonyl (C=O) groups is 1. The van der Waals surface area contributed by atoms with Gasteiger partial charge in [-0.2, -0.15) is 0 Å². The Kier molecular flexibility index (Phi) is 3.62. The summed E-state index contributed by atoms with van der Waals surface area (Å²) in [4.78, 5) is 16.1. The molecule has 0 atom stereocenters. The molecule has 0 aliphatic rings. The minimum Gasteiger partial charge on any atom is -0.348 e. The molecule has 1 aromatic carbocycles. The molecule has 0 aliphatic heterocycles. The number of pyridine rings is 1. The number of nitrogens with zero attached hydrogens (tertiary/aromatic N) is 2. The first kappa shape index (κ1) is 13.6. The molecule has 21 heavy (non-hydrogen) atoms. The van der Waals surface area contributed by atoms with Gasteiger partial charge in [0.25, 0.3) is 5.91 Å². The summed E-state index contributed by atoms with van der Waals surface area (Å²) in [6.07, 6.45) is 3.59. The Labute approximate surface area is 127 Å². The fourth-order valence-electron chi connectivity index (χ4n) is 2.29. The number of rotatable bonds is 3. The molecule has 0 radical (unpaired) electrons. The summed E-state index contributed by atoms with van der Waals surface area (Å²) in [6.45, 7) is 2.97. The number of benzene rings is 1. The van der Waals surface area contributed by atoms with Crippen molar-refractivity contribution >= 4 is 34.1 Å². The highest BCUT2D eigenvalue weighted by Crippen LogP contribution is 2.21. The second-order valence-corrected chi connectivity index (χ2v) is 5.03. The minimum absolute atomic E-state index is 0.202. The third-order valence-electron chi connectivity index (χ3n) is 3.38. The monoisotopic (exact) mass is 299 g/mol. The second kappa shape index (κ2) is 5.58. The normalized spacial score (nSPS) is 10.8. The number of hydrogen-bond acceptors (Lipinski definition) is 2. The molecule has 3 rings (SSSR count). The topological polar surface area (TPSA) is 46.9 Å². The summed E-state index contributed by atoms with van der Waals surface area (Å²) in [5.74, 6) is -0.262. The van der Waals surface area contributed by atoms with Crippen LogP contribution in [0.15, 0.2) is 48.8 Å². The molecule has 0 unspecified atom stereocenters. The third-order valence-corrected chi connectivity index (χ3v) is 3.68. The lowest BCUT2D eigenvalue weighted by Crippen LogP contribution is -2.12. The molecular formula is C16H14ClN3O. The van der Waals surface area contributed by atoms with E-state index in [1.807, 2.05) is 24.4 Å². The lowest BCUT2D eigenvalue weighted by molar-refractivity contribution is 0.102. The molecule has 0 aliphatic carbocycles. The molecule has 3 aromatic rings. The molecule has 106 valence electrons. The van der Waals surface area contributed by atoms with Gasteiger partial charge in [0.15, 0.2) is 0 Å². The van der Waals surface area contributed by atoms with Gasteiger partial charge >= 0.3 is 0 Å². The molecule has 5 heteroatoms. The number of halogens is 1. The molecule has 2 heterocycles. The van der Waals surface area contributed by atoms with Crippen LogP contribution in [0.4, 0.5) is 5.69 Å². The van der Waals surface area contributed by atoms with Crippen LogP contribution in [0.1, 0.15) is 17.3 Å². The lowest BCUT2D eigenvalue weighted by atomic mass is 10.2. The Balaban J connectivity index is 1.91. The van der Waals surface area contributed by atoms with E-state index in [0.717, 1.165) is 23.1 Å². The van der Waals surface area contributed by atoms with E-state index in [2.05, 4.69) is 27.9 Å². The van der Waals surface area contributed by atoms with Gasteiger partial charge < -0.3 is 9.88 Å². The van der Waals surface area contributed by atoms with E-state index in [9.17, 15) is 4.79 Å². The largest absolute Gasteiger partial charge is 0.348 e. The smallest absolute Gasteiger partial charge is 0.258 e. The van der Waals surface area contributed by atoms with Crippen LogP contribution in [0.5, 0.6) is 0 Å². The van der Waals surface area contributed by atoms with Gasteiger partial charge in [0, 0.05) is 24.6 Å². The van der Waals surface area contributed by atoms with E-state index in [4.69, 9.17) is 11.6 Å². The van der Waals surface area contributed by atoms with Crippen molar-refractivity contribution in [3.8, 4) is 0 Å². The fourth-order valence-corrected chi connectivity index (χ4v) is 2.50. The number of amides is 1. The number of aryl methyl sites for hydroxylation is 1. The Morgan fingerprint density at radius 3 is 2.95 bits per heavy atom. The molecule has 0 spiro atoms. The summed E-state index contributed by atoms with van der Waals surface area (Å²) < 4.78 is 2.13. The first-order valence-corrected chi connectivity index (χ1v) is 7.07. The van der Waals surface area contributed by atoms with E-state index in [-0.39, 0.29) is 11.1 Å². The predicted molar refractivity (Wildman–Crippen MR) is 84.8 cm³/mol. The van der Waals surface area contributed by atoms with E-state index in [1.165, 1.54) is 0 Å². The highest BCUT2D eigenvalue weighted by atomic mass is 35.5. The summed E-state index contributed by atoms with van der Waals surface area (Å²) >= 11 is 5.93. The predicted octanol–water partition coefficient (Wildman–Crippen LogP) is 3.96. The van der Waals surface area contributed by atoms with Crippen LogP contribution in [0.3, 0.4) is 0 Å². The van der Waals surface area contributed by atoms with Gasteiger partial charge in [0.1, 0.15) is 5.15 Å². The average Bonchev–Trinajstić information content (AvgIpc) is 2.90. The lowest BCUT2D eigenvalue weighted by Gasteiger charge is -2.07. The molecule has 0 saturated carbocycles. The Morgan fingerprint density at radius 1 is 1.33 bits per heavy atom. The van der Waals surface area contributed by atoms with E-state index < -0.39 is 0 Å². The first-order chi connectivity index (χ1) is 10.2. The maximum absolute atomic E-state index is 12.2. The van der Waals surface area contributed by atoms with Crippen LogP contribution < -0.4 is 5.32 Å². The summed E-state index contributed by atoms with van der Waals surface area (Å²) in [7, 11) is 0. The zero-order chi connectivity index (χ0) is 14.8. The number of carbonyl (C=O) groups excluding carboxylic acids is 1. The van der Waals surface area contributed by atoms with Crippen LogP contribution in [0, 0.1) is 0 Å². The molecule has 0 saturated heterocycles. The van der Waals surface area contributed by atoms with Gasteiger partial charge in [0.2, 0.25) is 0 Å². The fraction of sp³-hybridized carbons (Fsp3) is 0.125. The minimum atomic E-state index is -0.262. The molecule has 0 bridgehead atoms. The molecule has 1 N–H and O–H groups in total. The van der Waals surface area contributed by atoms with Crippen LogP contribution in [-0.2, 0) is 6.54 Å². The number of anilines is 1. The maximum Gasteiger partial charge on any atom is 0.258 e. The standard InChI is InChI=1S/C16H14ClN3O/c1-2-20-9-7-11-5-6-12(10-14(11)20)19-16(21)13-4-3-8-18-15(13)17/h3-10H,2H2,1H3,(H,19,21). The second-order valence-electron chi connectivity index (χ2n) is 4.67. The zero-order valence-electron chi connectivity index (χ0n) is 11.5. The van der Waals surface area contributed by atoms with Gasteiger partial charge in [-0.25, -0.2) is 4.98 Å². The molecule has 1 amide bonds. The molecule has 4 nitrogen and oxygen atoms in total. The van der Waals surface area contributed by atoms with Crippen molar-refractivity contribution in [1.29, 1.82) is 0 Å². The van der Waals surface area contributed by atoms with E-state index in [1.54, 1.807) is 18.3 Å². The van der Waals surface area contributed by atoms with Crippen molar-refractivity contribution < 1.29 is 4.79 Å². The van der Waals surface area contributed by atoms with Crippen LogP contribution in [0.2, 0.25) is 5.15 Å². The molecular weight excluding hydrogens is 286 g/mol. The highest BCUT2D eigenvalue weighted by Gasteiger charge is 2.11. The van der Waals surface area contributed by atoms with Crippen molar-refractivity contribution in [3.63, 3.8) is 0 Å².